The number of carbonyl (C=O) groups is 2. The van der Waals surface area contributed by atoms with Crippen molar-refractivity contribution in [3.8, 4) is 0 Å². The van der Waals surface area contributed by atoms with Gasteiger partial charge in [-0.25, -0.2) is 0 Å². The molecule has 0 aliphatic heterocycles. The smallest absolute Gasteiger partial charge is 0.246 e. The molecule has 1 aromatic heterocycles. The van der Waals surface area contributed by atoms with Gasteiger partial charge in [0.25, 0.3) is 0 Å². The maximum absolute atomic E-state index is 12.9. The SMILES string of the molecule is CCC(=O)c1cn(CC(=O)N(CC)c2ccccc2)c2ccccc12. The average molecular weight is 334 g/mol. The van der Waals surface area contributed by atoms with Gasteiger partial charge in [0.1, 0.15) is 6.54 Å². The maximum Gasteiger partial charge on any atom is 0.246 e. The highest BCUT2D eigenvalue weighted by atomic mass is 16.2. The van der Waals surface area contributed by atoms with Gasteiger partial charge in [-0.3, -0.25) is 9.59 Å². The van der Waals surface area contributed by atoms with Crippen molar-refractivity contribution >= 4 is 28.3 Å². The summed E-state index contributed by atoms with van der Waals surface area (Å²) in [4.78, 5) is 26.8. The van der Waals surface area contributed by atoms with Crippen LogP contribution in [0, 0.1) is 0 Å². The molecule has 0 atom stereocenters. The van der Waals surface area contributed by atoms with E-state index in [0.29, 0.717) is 18.5 Å². The van der Waals surface area contributed by atoms with Crippen LogP contribution in [0.25, 0.3) is 10.9 Å². The number of amides is 1. The fraction of sp³-hybridized carbons (Fsp3) is 0.238. The number of fused-ring (bicyclic) bond motifs is 1. The molecule has 0 bridgehead atoms. The summed E-state index contributed by atoms with van der Waals surface area (Å²) in [6.07, 6.45) is 2.26. The van der Waals surface area contributed by atoms with Crippen LogP contribution in [0.15, 0.2) is 60.8 Å². The fourth-order valence-corrected chi connectivity index (χ4v) is 3.13. The topological polar surface area (TPSA) is 42.3 Å². The standard InChI is InChI=1S/C21H22N2O2/c1-3-20(24)18-14-22(19-13-9-8-12-17(18)19)15-21(25)23(4-2)16-10-6-5-7-11-16/h5-14H,3-4,15H2,1-2H3. The second-order valence-corrected chi connectivity index (χ2v) is 5.94. The molecule has 3 aromatic rings. The third-order valence-corrected chi connectivity index (χ3v) is 4.40. The second-order valence-electron chi connectivity index (χ2n) is 5.94. The molecule has 4 nitrogen and oxygen atoms in total. The molecule has 0 saturated heterocycles. The molecule has 0 unspecified atom stereocenters. The first-order valence-electron chi connectivity index (χ1n) is 8.62. The molecule has 0 fully saturated rings. The number of anilines is 1. The third kappa shape index (κ3) is 3.33. The molecule has 4 heteroatoms. The van der Waals surface area contributed by atoms with E-state index < -0.39 is 0 Å². The summed E-state index contributed by atoms with van der Waals surface area (Å²) in [6.45, 7) is 4.63. The van der Waals surface area contributed by atoms with Gasteiger partial charge in [0.05, 0.1) is 0 Å². The number of ketones is 1. The van der Waals surface area contributed by atoms with Gasteiger partial charge in [0, 0.05) is 41.3 Å². The number of hydrogen-bond acceptors (Lipinski definition) is 2. The van der Waals surface area contributed by atoms with E-state index in [2.05, 4.69) is 0 Å². The summed E-state index contributed by atoms with van der Waals surface area (Å²) >= 11 is 0. The zero-order valence-corrected chi connectivity index (χ0v) is 14.6. The predicted molar refractivity (Wildman–Crippen MR) is 101 cm³/mol. The lowest BCUT2D eigenvalue weighted by Crippen LogP contribution is -2.33. The van der Waals surface area contributed by atoms with Crippen molar-refractivity contribution in [2.24, 2.45) is 0 Å². The van der Waals surface area contributed by atoms with Crippen LogP contribution in [-0.4, -0.2) is 22.8 Å². The van der Waals surface area contributed by atoms with Gasteiger partial charge in [-0.15, -0.1) is 0 Å². The Morgan fingerprint density at radius 3 is 2.32 bits per heavy atom. The summed E-state index contributed by atoms with van der Waals surface area (Å²) < 4.78 is 1.88. The summed E-state index contributed by atoms with van der Waals surface area (Å²) in [5, 5.41) is 0.907. The molecule has 25 heavy (non-hydrogen) atoms. The number of para-hydroxylation sites is 2. The van der Waals surface area contributed by atoms with Crippen LogP contribution < -0.4 is 4.90 Å². The van der Waals surface area contributed by atoms with Crippen molar-refractivity contribution in [2.45, 2.75) is 26.8 Å². The molecule has 1 amide bonds. The number of carbonyl (C=O) groups excluding carboxylic acids is 2. The van der Waals surface area contributed by atoms with Gasteiger partial charge >= 0.3 is 0 Å². The van der Waals surface area contributed by atoms with Crippen LogP contribution in [0.1, 0.15) is 30.6 Å². The minimum atomic E-state index is 0.00458. The molecule has 2 aromatic carbocycles. The molecule has 0 aliphatic carbocycles. The van der Waals surface area contributed by atoms with Gasteiger partial charge in [-0.1, -0.05) is 43.3 Å². The van der Waals surface area contributed by atoms with Crippen molar-refractivity contribution in [3.05, 3.63) is 66.4 Å². The van der Waals surface area contributed by atoms with Crippen LogP contribution in [0.2, 0.25) is 0 Å². The molecular weight excluding hydrogens is 312 g/mol. The highest BCUT2D eigenvalue weighted by Crippen LogP contribution is 2.23. The Morgan fingerprint density at radius 2 is 1.64 bits per heavy atom. The maximum atomic E-state index is 12.9. The van der Waals surface area contributed by atoms with Crippen LogP contribution in [0.4, 0.5) is 5.69 Å². The van der Waals surface area contributed by atoms with Crippen molar-refractivity contribution in [1.29, 1.82) is 0 Å². The Hall–Kier alpha value is -2.88. The first-order valence-corrected chi connectivity index (χ1v) is 8.62. The summed E-state index contributed by atoms with van der Waals surface area (Å²) in [6, 6.07) is 17.4. The van der Waals surface area contributed by atoms with E-state index in [1.807, 2.05) is 79.2 Å². The van der Waals surface area contributed by atoms with Crippen LogP contribution >= 0.6 is 0 Å². The molecule has 0 aliphatic rings. The van der Waals surface area contributed by atoms with Crippen molar-refractivity contribution in [3.63, 3.8) is 0 Å². The highest BCUT2D eigenvalue weighted by molar-refractivity contribution is 6.08. The lowest BCUT2D eigenvalue weighted by atomic mass is 10.1. The monoisotopic (exact) mass is 334 g/mol. The Kier molecular flexibility index (Phi) is 4.98. The zero-order valence-electron chi connectivity index (χ0n) is 14.6. The van der Waals surface area contributed by atoms with Crippen molar-refractivity contribution in [2.75, 3.05) is 11.4 Å². The van der Waals surface area contributed by atoms with E-state index in [0.717, 1.165) is 16.6 Å². The Labute approximate surface area is 147 Å². The Balaban J connectivity index is 1.95. The largest absolute Gasteiger partial charge is 0.337 e. The molecule has 1 heterocycles. The Morgan fingerprint density at radius 1 is 0.960 bits per heavy atom. The molecule has 3 rings (SSSR count). The van der Waals surface area contributed by atoms with Crippen LogP contribution in [-0.2, 0) is 11.3 Å². The molecule has 0 saturated carbocycles. The van der Waals surface area contributed by atoms with E-state index in [1.54, 1.807) is 4.90 Å². The molecule has 0 radical (unpaired) electrons. The fourth-order valence-electron chi connectivity index (χ4n) is 3.13. The molecule has 128 valence electrons. The molecule has 0 N–H and O–H groups in total. The number of nitrogens with zero attached hydrogens (tertiary/aromatic N) is 2. The quantitative estimate of drug-likeness (QED) is 0.631. The zero-order chi connectivity index (χ0) is 17.8. The number of aromatic nitrogens is 1. The highest BCUT2D eigenvalue weighted by Gasteiger charge is 2.18. The lowest BCUT2D eigenvalue weighted by Gasteiger charge is -2.21. The molecule has 0 spiro atoms. The number of Topliss-reactive ketones (excluding diaryl/α,β-unsaturated/α-hetero) is 1. The summed E-state index contributed by atoms with van der Waals surface area (Å²) in [7, 11) is 0. The van der Waals surface area contributed by atoms with Gasteiger partial charge < -0.3 is 9.47 Å². The summed E-state index contributed by atoms with van der Waals surface area (Å²) in [5.74, 6) is 0.0998. The number of likely N-dealkylation sites (N-methyl/N-ethyl adjacent to an activating group) is 1. The number of benzene rings is 2. The van der Waals surface area contributed by atoms with E-state index >= 15 is 0 Å². The van der Waals surface area contributed by atoms with Crippen LogP contribution in [0.3, 0.4) is 0 Å². The number of hydrogen-bond donors (Lipinski definition) is 0. The third-order valence-electron chi connectivity index (χ3n) is 4.40. The van der Waals surface area contributed by atoms with Gasteiger partial charge in [-0.05, 0) is 25.1 Å². The molecular formula is C21H22N2O2. The minimum Gasteiger partial charge on any atom is -0.337 e. The average Bonchev–Trinajstić information content (AvgIpc) is 3.01. The van der Waals surface area contributed by atoms with E-state index in [9.17, 15) is 9.59 Å². The second kappa shape index (κ2) is 7.34. The minimum absolute atomic E-state index is 0.00458. The Bertz CT molecular complexity index is 897. The van der Waals surface area contributed by atoms with E-state index in [4.69, 9.17) is 0 Å². The number of rotatable bonds is 6. The normalized spacial score (nSPS) is 10.8. The first-order chi connectivity index (χ1) is 12.2. The lowest BCUT2D eigenvalue weighted by molar-refractivity contribution is -0.119. The van der Waals surface area contributed by atoms with Crippen LogP contribution in [0.5, 0.6) is 0 Å². The van der Waals surface area contributed by atoms with Crippen molar-refractivity contribution in [1.82, 2.24) is 4.57 Å². The van der Waals surface area contributed by atoms with Gasteiger partial charge in [-0.2, -0.15) is 0 Å². The summed E-state index contributed by atoms with van der Waals surface area (Å²) in [5.41, 5.74) is 2.49. The van der Waals surface area contributed by atoms with Gasteiger partial charge in [0.15, 0.2) is 5.78 Å². The van der Waals surface area contributed by atoms with E-state index in [1.165, 1.54) is 0 Å². The first kappa shape index (κ1) is 17.0. The van der Waals surface area contributed by atoms with E-state index in [-0.39, 0.29) is 18.2 Å². The van der Waals surface area contributed by atoms with Crippen molar-refractivity contribution < 1.29 is 9.59 Å². The van der Waals surface area contributed by atoms with Gasteiger partial charge in [0.2, 0.25) is 5.91 Å². The predicted octanol–water partition coefficient (Wildman–Crippen LogP) is 4.29.